The molecule has 0 aromatic rings. The fourth-order valence-electron chi connectivity index (χ4n) is 1.76. The largest absolute Gasteiger partial charge is 0.692 e. The Morgan fingerprint density at radius 3 is 1.44 bits per heavy atom. The van der Waals surface area contributed by atoms with E-state index in [1.54, 1.807) is 0 Å². The van der Waals surface area contributed by atoms with Gasteiger partial charge < -0.3 is 10.4 Å². The highest BCUT2D eigenvalue weighted by Gasteiger charge is 1.95. The van der Waals surface area contributed by atoms with Gasteiger partial charge in [0.2, 0.25) is 5.91 Å². The Morgan fingerprint density at radius 1 is 0.800 bits per heavy atom. The van der Waals surface area contributed by atoms with E-state index in [-0.39, 0.29) is 5.91 Å². The van der Waals surface area contributed by atoms with Crippen LogP contribution in [0.15, 0.2) is 12.7 Å². The number of aliphatic hydroxyl groups excluding tert-OH is 1. The van der Waals surface area contributed by atoms with Crippen LogP contribution >= 0.6 is 16.5 Å². The van der Waals surface area contributed by atoms with Gasteiger partial charge in [-0.25, -0.2) is 0 Å². The molecule has 0 aliphatic carbocycles. The SMILES string of the molecule is C=CC(=O)NCCCCCCCCCCCO.O=[P+](O)O.O=[P+](O)O. The van der Waals surface area contributed by atoms with Crippen LogP contribution in [0.1, 0.15) is 57.8 Å². The third-order valence-corrected chi connectivity index (χ3v) is 2.82. The quantitative estimate of drug-likeness (QED) is 0.164. The summed E-state index contributed by atoms with van der Waals surface area (Å²) in [6, 6.07) is 0. The first-order valence-electron chi connectivity index (χ1n) is 7.99. The zero-order valence-corrected chi connectivity index (χ0v) is 16.2. The van der Waals surface area contributed by atoms with Crippen LogP contribution in [-0.4, -0.2) is 43.7 Å². The van der Waals surface area contributed by atoms with Crippen LogP contribution in [0.25, 0.3) is 0 Å². The highest BCUT2D eigenvalue weighted by Crippen LogP contribution is 2.09. The summed E-state index contributed by atoms with van der Waals surface area (Å²) in [5.41, 5.74) is 0. The van der Waals surface area contributed by atoms with E-state index in [4.69, 9.17) is 33.8 Å². The normalized spacial score (nSPS) is 9.00. The van der Waals surface area contributed by atoms with Gasteiger partial charge in [0.15, 0.2) is 0 Å². The summed E-state index contributed by atoms with van der Waals surface area (Å²) < 4.78 is 17.4. The molecule has 0 aromatic heterocycles. The van der Waals surface area contributed by atoms with Gasteiger partial charge >= 0.3 is 16.5 Å². The van der Waals surface area contributed by atoms with E-state index < -0.39 is 16.5 Å². The van der Waals surface area contributed by atoms with E-state index in [0.717, 1.165) is 25.8 Å². The fraction of sp³-hybridized carbons (Fsp3) is 0.786. The second kappa shape index (κ2) is 25.5. The number of carbonyl (C=O) groups is 1. The maximum atomic E-state index is 10.8. The van der Waals surface area contributed by atoms with E-state index in [1.807, 2.05) is 0 Å². The maximum absolute atomic E-state index is 10.8. The molecule has 0 rings (SSSR count). The molecule has 0 aliphatic rings. The molecule has 0 saturated carbocycles. The summed E-state index contributed by atoms with van der Waals surface area (Å²) in [6.07, 6.45) is 12.0. The number of aliphatic hydroxyl groups is 1. The molecule has 0 heterocycles. The molecule has 0 bridgehead atoms. The van der Waals surface area contributed by atoms with Gasteiger partial charge in [-0.3, -0.25) is 4.79 Å². The summed E-state index contributed by atoms with van der Waals surface area (Å²) >= 11 is 0. The van der Waals surface area contributed by atoms with Crippen molar-refractivity contribution in [2.45, 2.75) is 57.8 Å². The predicted octanol–water partition coefficient (Wildman–Crippen LogP) is 2.05. The number of carbonyl (C=O) groups excluding carboxylic acids is 1. The van der Waals surface area contributed by atoms with Gasteiger partial charge in [-0.1, -0.05) is 51.5 Å². The molecule has 6 N–H and O–H groups in total. The predicted molar refractivity (Wildman–Crippen MR) is 95.9 cm³/mol. The third kappa shape index (κ3) is 51.7. The summed E-state index contributed by atoms with van der Waals surface area (Å²) in [4.78, 5) is 39.3. The van der Waals surface area contributed by atoms with E-state index in [0.29, 0.717) is 6.61 Å². The minimum Gasteiger partial charge on any atom is -0.396 e. The van der Waals surface area contributed by atoms with Crippen LogP contribution in [0.2, 0.25) is 0 Å². The first-order chi connectivity index (χ1) is 11.8. The minimum atomic E-state index is -2.87. The molecule has 0 atom stereocenters. The summed E-state index contributed by atoms with van der Waals surface area (Å²) in [5.74, 6) is -0.0751. The molecular weight excluding hydrogens is 372 g/mol. The van der Waals surface area contributed by atoms with Crippen molar-refractivity contribution < 1.29 is 38.6 Å². The zero-order valence-electron chi connectivity index (χ0n) is 14.4. The van der Waals surface area contributed by atoms with Gasteiger partial charge in [-0.05, 0) is 18.9 Å². The minimum absolute atomic E-state index is 0.0751. The van der Waals surface area contributed by atoms with Crippen LogP contribution < -0.4 is 5.32 Å². The Bertz CT molecular complexity index is 336. The molecule has 0 unspecified atom stereocenters. The second-order valence-electron chi connectivity index (χ2n) is 4.91. The number of amides is 1. The Morgan fingerprint density at radius 2 is 1.12 bits per heavy atom. The van der Waals surface area contributed by atoms with Crippen molar-refractivity contribution in [3.05, 3.63) is 12.7 Å². The summed E-state index contributed by atoms with van der Waals surface area (Å²) in [5, 5.41) is 11.4. The third-order valence-electron chi connectivity index (χ3n) is 2.82. The van der Waals surface area contributed by atoms with E-state index in [1.165, 1.54) is 44.6 Å². The van der Waals surface area contributed by atoms with E-state index in [2.05, 4.69) is 11.9 Å². The van der Waals surface area contributed by atoms with Crippen molar-refractivity contribution in [2.24, 2.45) is 0 Å². The molecule has 0 saturated heterocycles. The molecule has 148 valence electrons. The number of hydrogen-bond acceptors (Lipinski definition) is 4. The number of rotatable bonds is 12. The van der Waals surface area contributed by atoms with E-state index >= 15 is 0 Å². The summed E-state index contributed by atoms with van der Waals surface area (Å²) in [6.45, 7) is 4.50. The molecule has 0 spiro atoms. The number of unbranched alkanes of at least 4 members (excludes halogenated alkanes) is 8. The molecule has 9 nitrogen and oxygen atoms in total. The van der Waals surface area contributed by atoms with Crippen LogP contribution in [-0.2, 0) is 13.9 Å². The van der Waals surface area contributed by atoms with Crippen molar-refractivity contribution in [2.75, 3.05) is 13.2 Å². The molecule has 0 fully saturated rings. The van der Waals surface area contributed by atoms with Gasteiger partial charge in [0.05, 0.1) is 0 Å². The fourth-order valence-corrected chi connectivity index (χ4v) is 1.76. The number of nitrogens with one attached hydrogen (secondary N) is 1. The smallest absolute Gasteiger partial charge is 0.396 e. The first kappa shape index (κ1) is 29.0. The van der Waals surface area contributed by atoms with Crippen LogP contribution in [0.5, 0.6) is 0 Å². The average molecular weight is 403 g/mol. The maximum Gasteiger partial charge on any atom is 0.692 e. The Hall–Kier alpha value is -0.790. The zero-order chi connectivity index (χ0) is 19.9. The number of hydrogen-bond donors (Lipinski definition) is 6. The van der Waals surface area contributed by atoms with Crippen molar-refractivity contribution in [3.8, 4) is 0 Å². The van der Waals surface area contributed by atoms with Gasteiger partial charge in [-0.2, -0.15) is 0 Å². The van der Waals surface area contributed by atoms with Crippen LogP contribution in [0, 0.1) is 0 Å². The molecular formula is C14H31NO8P2+2. The summed E-state index contributed by atoms with van der Waals surface area (Å²) in [7, 11) is -5.74. The Balaban J connectivity index is -0.000000503. The molecule has 1 amide bonds. The highest BCUT2D eigenvalue weighted by molar-refractivity contribution is 7.31. The second-order valence-corrected chi connectivity index (χ2v) is 5.92. The van der Waals surface area contributed by atoms with Gasteiger partial charge in [0, 0.05) is 22.3 Å². The monoisotopic (exact) mass is 403 g/mol. The lowest BCUT2D eigenvalue weighted by atomic mass is 10.1. The standard InChI is InChI=1S/C14H27NO2.2HO3P/c1-2-14(17)15-12-10-8-6-4-3-5-7-9-11-13-16;2*1-4(2)3/h2,16H,1,3-13H2,(H,15,17);2*(H-,1,2,3)/p+2. The lowest BCUT2D eigenvalue weighted by molar-refractivity contribution is -0.116. The topological polar surface area (TPSA) is 164 Å². The van der Waals surface area contributed by atoms with Crippen molar-refractivity contribution in [1.82, 2.24) is 5.32 Å². The van der Waals surface area contributed by atoms with Gasteiger partial charge in [0.1, 0.15) is 0 Å². The van der Waals surface area contributed by atoms with Crippen molar-refractivity contribution >= 4 is 22.4 Å². The Kier molecular flexibility index (Phi) is 29.5. The van der Waals surface area contributed by atoms with Gasteiger partial charge in [0.25, 0.3) is 0 Å². The average Bonchev–Trinajstić information content (AvgIpc) is 2.51. The van der Waals surface area contributed by atoms with Crippen LogP contribution in [0.3, 0.4) is 0 Å². The lowest BCUT2D eigenvalue weighted by Gasteiger charge is -2.03. The molecule has 25 heavy (non-hydrogen) atoms. The van der Waals surface area contributed by atoms with Gasteiger partial charge in [-0.15, -0.1) is 19.6 Å². The molecule has 0 aromatic carbocycles. The van der Waals surface area contributed by atoms with Crippen molar-refractivity contribution in [1.29, 1.82) is 0 Å². The lowest BCUT2D eigenvalue weighted by Crippen LogP contribution is -2.21. The highest BCUT2D eigenvalue weighted by atomic mass is 31.1. The van der Waals surface area contributed by atoms with Crippen molar-refractivity contribution in [3.63, 3.8) is 0 Å². The van der Waals surface area contributed by atoms with E-state index in [9.17, 15) is 4.79 Å². The Labute approximate surface area is 150 Å². The van der Waals surface area contributed by atoms with Crippen LogP contribution in [0.4, 0.5) is 0 Å². The first-order valence-corrected chi connectivity index (χ1v) is 10.3. The molecule has 0 aliphatic heterocycles. The molecule has 0 radical (unpaired) electrons. The molecule has 11 heteroatoms.